The number of aromatic carboxylic acids is 1. The summed E-state index contributed by atoms with van der Waals surface area (Å²) >= 11 is 0. The molecule has 0 radical (unpaired) electrons. The zero-order valence-electron chi connectivity index (χ0n) is 15.7. The Kier molecular flexibility index (Phi) is 7.34. The number of ether oxygens (including phenoxy) is 1. The number of nitro groups is 1. The second-order valence-corrected chi connectivity index (χ2v) is 6.60. The third kappa shape index (κ3) is 5.81. The van der Waals surface area contributed by atoms with Gasteiger partial charge in [-0.05, 0) is 49.1 Å². The number of hydrogen-bond donors (Lipinski definition) is 1. The summed E-state index contributed by atoms with van der Waals surface area (Å²) in [5.74, 6) is -0.752. The lowest BCUT2D eigenvalue weighted by Crippen LogP contribution is -2.12. The normalized spacial score (nSPS) is 11.8. The number of nitrogens with zero attached hydrogens (tertiary/aromatic N) is 1. The first-order valence-electron chi connectivity index (χ1n) is 9.21. The molecule has 0 amide bonds. The molecule has 0 aliphatic heterocycles. The molecule has 27 heavy (non-hydrogen) atoms. The van der Waals surface area contributed by atoms with E-state index in [2.05, 4.69) is 6.92 Å². The van der Waals surface area contributed by atoms with Crippen molar-refractivity contribution in [3.63, 3.8) is 0 Å². The minimum atomic E-state index is -1.01. The highest BCUT2D eigenvalue weighted by molar-refractivity contribution is 5.88. The van der Waals surface area contributed by atoms with Crippen LogP contribution in [-0.4, -0.2) is 22.1 Å². The fourth-order valence-electron chi connectivity index (χ4n) is 2.88. The van der Waals surface area contributed by atoms with Gasteiger partial charge >= 0.3 is 11.7 Å². The van der Waals surface area contributed by atoms with E-state index in [0.717, 1.165) is 25.7 Å². The SMILES string of the molecule is CCCCCC[C@H](C)Oc1ccc(-c2ccc(C(=O)O)cc2)cc1[N+](=O)[O-]. The van der Waals surface area contributed by atoms with Crippen LogP contribution in [0.4, 0.5) is 5.69 Å². The average molecular weight is 371 g/mol. The molecular formula is C21H25NO5. The molecule has 1 atom stereocenters. The van der Waals surface area contributed by atoms with Crippen LogP contribution in [0.25, 0.3) is 11.1 Å². The minimum absolute atomic E-state index is 0.0878. The summed E-state index contributed by atoms with van der Waals surface area (Å²) in [6.07, 6.45) is 5.28. The van der Waals surface area contributed by atoms with E-state index in [-0.39, 0.29) is 23.1 Å². The number of carbonyl (C=O) groups is 1. The average Bonchev–Trinajstić information content (AvgIpc) is 2.65. The quantitative estimate of drug-likeness (QED) is 0.329. The van der Waals surface area contributed by atoms with Crippen LogP contribution in [-0.2, 0) is 0 Å². The molecule has 0 aliphatic carbocycles. The summed E-state index contributed by atoms with van der Waals surface area (Å²) in [4.78, 5) is 22.0. The number of benzene rings is 2. The Balaban J connectivity index is 2.16. The van der Waals surface area contributed by atoms with Crippen molar-refractivity contribution in [2.45, 2.75) is 52.1 Å². The molecule has 0 unspecified atom stereocenters. The molecule has 144 valence electrons. The smallest absolute Gasteiger partial charge is 0.335 e. The largest absolute Gasteiger partial charge is 0.484 e. The maximum absolute atomic E-state index is 11.5. The van der Waals surface area contributed by atoms with Crippen LogP contribution in [0.15, 0.2) is 42.5 Å². The molecule has 6 nitrogen and oxygen atoms in total. The van der Waals surface area contributed by atoms with Crippen molar-refractivity contribution in [2.24, 2.45) is 0 Å². The molecule has 2 aromatic carbocycles. The summed E-state index contributed by atoms with van der Waals surface area (Å²) in [5, 5.41) is 20.4. The number of nitro benzene ring substituents is 1. The van der Waals surface area contributed by atoms with Crippen molar-refractivity contribution >= 4 is 11.7 Å². The fraction of sp³-hybridized carbons (Fsp3) is 0.381. The van der Waals surface area contributed by atoms with Gasteiger partial charge in [0.2, 0.25) is 0 Å². The van der Waals surface area contributed by atoms with E-state index >= 15 is 0 Å². The van der Waals surface area contributed by atoms with Gasteiger partial charge in [0.25, 0.3) is 0 Å². The predicted octanol–water partition coefficient (Wildman–Crippen LogP) is 5.70. The van der Waals surface area contributed by atoms with Crippen LogP contribution >= 0.6 is 0 Å². The second kappa shape index (κ2) is 9.71. The number of rotatable bonds is 10. The molecular weight excluding hydrogens is 346 g/mol. The van der Waals surface area contributed by atoms with Crippen LogP contribution in [0.2, 0.25) is 0 Å². The lowest BCUT2D eigenvalue weighted by atomic mass is 10.0. The van der Waals surface area contributed by atoms with Gasteiger partial charge in [0.1, 0.15) is 0 Å². The Labute approximate surface area is 158 Å². The van der Waals surface area contributed by atoms with Gasteiger partial charge in [-0.3, -0.25) is 10.1 Å². The number of carboxylic acids is 1. The Morgan fingerprint density at radius 2 is 1.78 bits per heavy atom. The highest BCUT2D eigenvalue weighted by Crippen LogP contribution is 2.33. The molecule has 0 saturated carbocycles. The van der Waals surface area contributed by atoms with E-state index in [1.54, 1.807) is 24.3 Å². The van der Waals surface area contributed by atoms with E-state index in [1.165, 1.54) is 24.6 Å². The summed E-state index contributed by atoms with van der Waals surface area (Å²) in [6.45, 7) is 4.08. The standard InChI is InChI=1S/C21H25NO5/c1-3-4-5-6-7-15(2)27-20-13-12-18(14-19(20)22(25)26)16-8-10-17(11-9-16)21(23)24/h8-15H,3-7H2,1-2H3,(H,23,24)/t15-/m0/s1. The summed E-state index contributed by atoms with van der Waals surface area (Å²) < 4.78 is 5.81. The van der Waals surface area contributed by atoms with Gasteiger partial charge in [-0.2, -0.15) is 0 Å². The fourth-order valence-corrected chi connectivity index (χ4v) is 2.88. The topological polar surface area (TPSA) is 89.7 Å². The van der Waals surface area contributed by atoms with E-state index in [4.69, 9.17) is 9.84 Å². The van der Waals surface area contributed by atoms with E-state index in [1.807, 2.05) is 6.92 Å². The van der Waals surface area contributed by atoms with Gasteiger partial charge in [-0.25, -0.2) is 4.79 Å². The maximum Gasteiger partial charge on any atom is 0.335 e. The van der Waals surface area contributed by atoms with Crippen LogP contribution in [0.5, 0.6) is 5.75 Å². The van der Waals surface area contributed by atoms with Crippen molar-refractivity contribution in [3.05, 3.63) is 58.1 Å². The first-order chi connectivity index (χ1) is 12.9. The number of carboxylic acid groups (broad SMARTS) is 1. The summed E-state index contributed by atoms with van der Waals surface area (Å²) in [7, 11) is 0. The molecule has 0 aromatic heterocycles. The van der Waals surface area contributed by atoms with Crippen LogP contribution in [0, 0.1) is 10.1 Å². The monoisotopic (exact) mass is 371 g/mol. The molecule has 0 heterocycles. The Bertz CT molecular complexity index is 786. The van der Waals surface area contributed by atoms with Crippen molar-refractivity contribution in [2.75, 3.05) is 0 Å². The number of hydrogen-bond acceptors (Lipinski definition) is 4. The Hall–Kier alpha value is -2.89. The van der Waals surface area contributed by atoms with Crippen LogP contribution in [0.1, 0.15) is 56.3 Å². The zero-order valence-corrected chi connectivity index (χ0v) is 15.7. The molecule has 0 spiro atoms. The van der Waals surface area contributed by atoms with Crippen LogP contribution in [0.3, 0.4) is 0 Å². The van der Waals surface area contributed by atoms with E-state index in [0.29, 0.717) is 11.1 Å². The number of unbranched alkanes of at least 4 members (excludes halogenated alkanes) is 3. The molecule has 1 N–H and O–H groups in total. The Morgan fingerprint density at radius 1 is 1.11 bits per heavy atom. The molecule has 0 saturated heterocycles. The third-order valence-electron chi connectivity index (χ3n) is 4.41. The predicted molar refractivity (Wildman–Crippen MR) is 104 cm³/mol. The second-order valence-electron chi connectivity index (χ2n) is 6.60. The van der Waals surface area contributed by atoms with Gasteiger partial charge in [0, 0.05) is 6.07 Å². The highest BCUT2D eigenvalue weighted by Gasteiger charge is 2.19. The summed E-state index contributed by atoms with van der Waals surface area (Å²) in [5.41, 5.74) is 1.43. The van der Waals surface area contributed by atoms with Gasteiger partial charge in [-0.1, -0.05) is 44.4 Å². The van der Waals surface area contributed by atoms with Crippen molar-refractivity contribution in [1.82, 2.24) is 0 Å². The molecule has 0 aliphatic rings. The molecule has 2 rings (SSSR count). The van der Waals surface area contributed by atoms with Gasteiger partial charge in [0.05, 0.1) is 16.6 Å². The van der Waals surface area contributed by atoms with E-state index in [9.17, 15) is 14.9 Å². The molecule has 2 aromatic rings. The molecule has 0 bridgehead atoms. The summed E-state index contributed by atoms with van der Waals surface area (Å²) in [6, 6.07) is 11.1. The Morgan fingerprint density at radius 3 is 2.37 bits per heavy atom. The van der Waals surface area contributed by atoms with Crippen molar-refractivity contribution in [1.29, 1.82) is 0 Å². The van der Waals surface area contributed by atoms with Crippen molar-refractivity contribution < 1.29 is 19.6 Å². The minimum Gasteiger partial charge on any atom is -0.484 e. The maximum atomic E-state index is 11.5. The van der Waals surface area contributed by atoms with Gasteiger partial charge in [0.15, 0.2) is 5.75 Å². The highest BCUT2D eigenvalue weighted by atomic mass is 16.6. The van der Waals surface area contributed by atoms with E-state index < -0.39 is 10.9 Å². The van der Waals surface area contributed by atoms with Gasteiger partial charge in [-0.15, -0.1) is 0 Å². The lowest BCUT2D eigenvalue weighted by molar-refractivity contribution is -0.386. The molecule has 6 heteroatoms. The first kappa shape index (κ1) is 20.4. The third-order valence-corrected chi connectivity index (χ3v) is 4.41. The first-order valence-corrected chi connectivity index (χ1v) is 9.21. The zero-order chi connectivity index (χ0) is 19.8. The van der Waals surface area contributed by atoms with Gasteiger partial charge < -0.3 is 9.84 Å². The lowest BCUT2D eigenvalue weighted by Gasteiger charge is -2.15. The van der Waals surface area contributed by atoms with Crippen LogP contribution < -0.4 is 4.74 Å². The molecule has 0 fully saturated rings. The van der Waals surface area contributed by atoms with Crippen molar-refractivity contribution in [3.8, 4) is 16.9 Å².